The average Bonchev–Trinajstić information content (AvgIpc) is 2.60. The molecule has 0 aromatic heterocycles. The van der Waals surface area contributed by atoms with Crippen LogP contribution >= 0.6 is 0 Å². The highest BCUT2D eigenvalue weighted by Gasteiger charge is 2.10. The van der Waals surface area contributed by atoms with Gasteiger partial charge in [-0.25, -0.2) is 0 Å². The summed E-state index contributed by atoms with van der Waals surface area (Å²) in [5, 5.41) is 0. The molecule has 0 aliphatic rings. The van der Waals surface area contributed by atoms with Gasteiger partial charge in [0.2, 0.25) is 0 Å². The van der Waals surface area contributed by atoms with Crippen LogP contribution in [-0.4, -0.2) is 14.2 Å². The fraction of sp³-hybridized carbons (Fsp3) is 0.200. The van der Waals surface area contributed by atoms with E-state index >= 15 is 0 Å². The van der Waals surface area contributed by atoms with Gasteiger partial charge in [0.05, 0.1) is 14.2 Å². The molecule has 2 rings (SSSR count). The second-order valence-electron chi connectivity index (χ2n) is 4.91. The Morgan fingerprint density at radius 3 is 1.55 bits per heavy atom. The summed E-state index contributed by atoms with van der Waals surface area (Å²) < 4.78 is 10.5. The summed E-state index contributed by atoms with van der Waals surface area (Å²) in [6.45, 7) is 6.11. The van der Waals surface area contributed by atoms with Crippen LogP contribution < -0.4 is 9.47 Å². The molecule has 2 nitrogen and oxygen atoms in total. The normalized spacial score (nSPS) is 9.95. The van der Waals surface area contributed by atoms with Gasteiger partial charge in [-0.1, -0.05) is 43.8 Å². The molecule has 0 unspecified atom stereocenters. The first-order chi connectivity index (χ1) is 10.7. The predicted octanol–water partition coefficient (Wildman–Crippen LogP) is 5.10. The van der Waals surface area contributed by atoms with Crippen LogP contribution in [0.2, 0.25) is 0 Å². The van der Waals surface area contributed by atoms with E-state index in [1.54, 1.807) is 14.2 Å². The highest BCUT2D eigenvalue weighted by atomic mass is 16.5. The number of allylic oxidation sites excluding steroid dienone is 2. The summed E-state index contributed by atoms with van der Waals surface area (Å²) in [7, 11) is 3.35. The number of rotatable bonds is 6. The van der Waals surface area contributed by atoms with Crippen LogP contribution in [0, 0.1) is 0 Å². The average molecular weight is 294 g/mol. The van der Waals surface area contributed by atoms with Crippen molar-refractivity contribution in [3.63, 3.8) is 0 Å². The molecule has 0 amide bonds. The van der Waals surface area contributed by atoms with Gasteiger partial charge < -0.3 is 9.47 Å². The maximum absolute atomic E-state index is 5.25. The Morgan fingerprint density at radius 1 is 0.864 bits per heavy atom. The second kappa shape index (κ2) is 7.51. The molecule has 0 spiro atoms. The lowest BCUT2D eigenvalue weighted by Gasteiger charge is -2.14. The molecule has 0 saturated heterocycles. The lowest BCUT2D eigenvalue weighted by atomic mass is 9.91. The molecule has 0 atom stereocenters. The van der Waals surface area contributed by atoms with E-state index in [-0.39, 0.29) is 0 Å². The molecule has 2 aromatic rings. The van der Waals surface area contributed by atoms with Crippen molar-refractivity contribution in [3.8, 4) is 11.5 Å². The number of benzene rings is 2. The van der Waals surface area contributed by atoms with Crippen LogP contribution in [0.5, 0.6) is 11.5 Å². The van der Waals surface area contributed by atoms with Gasteiger partial charge in [0.1, 0.15) is 11.5 Å². The second-order valence-corrected chi connectivity index (χ2v) is 4.91. The minimum absolute atomic E-state index is 0.856. The molecule has 0 radical (unpaired) electrons. The van der Waals surface area contributed by atoms with Gasteiger partial charge in [0.25, 0.3) is 0 Å². The van der Waals surface area contributed by atoms with Crippen LogP contribution in [0.25, 0.3) is 5.57 Å². The summed E-state index contributed by atoms with van der Waals surface area (Å²) >= 11 is 0. The SMILES string of the molecule is C=CC(CC)=C(c1ccc(OC)cc1)c1ccc(OC)cc1. The summed E-state index contributed by atoms with van der Waals surface area (Å²) in [5.41, 5.74) is 4.73. The first kappa shape index (κ1) is 15.9. The minimum atomic E-state index is 0.856. The summed E-state index contributed by atoms with van der Waals surface area (Å²) in [6.07, 6.45) is 2.86. The van der Waals surface area contributed by atoms with E-state index in [4.69, 9.17) is 9.47 Å². The third-order valence-corrected chi connectivity index (χ3v) is 3.71. The molecule has 22 heavy (non-hydrogen) atoms. The maximum Gasteiger partial charge on any atom is 0.118 e. The predicted molar refractivity (Wildman–Crippen MR) is 92.5 cm³/mol. The molecular weight excluding hydrogens is 272 g/mol. The molecule has 2 aromatic carbocycles. The maximum atomic E-state index is 5.25. The van der Waals surface area contributed by atoms with Crippen LogP contribution in [0.3, 0.4) is 0 Å². The lowest BCUT2D eigenvalue weighted by molar-refractivity contribution is 0.414. The highest BCUT2D eigenvalue weighted by Crippen LogP contribution is 2.31. The third-order valence-electron chi connectivity index (χ3n) is 3.71. The standard InChI is InChI=1S/C20H22O2/c1-5-15(6-2)20(16-7-11-18(21-3)12-8-16)17-9-13-19(22-4)14-10-17/h5,7-14H,1,6H2,2-4H3. The Bertz CT molecular complexity index is 600. The first-order valence-corrected chi connectivity index (χ1v) is 7.38. The molecule has 0 aliphatic heterocycles. The molecule has 0 heterocycles. The van der Waals surface area contributed by atoms with E-state index in [1.165, 1.54) is 11.1 Å². The molecule has 0 N–H and O–H groups in total. The van der Waals surface area contributed by atoms with E-state index < -0.39 is 0 Å². The van der Waals surface area contributed by atoms with Gasteiger partial charge in [-0.05, 0) is 53.0 Å². The topological polar surface area (TPSA) is 18.5 Å². The summed E-state index contributed by atoms with van der Waals surface area (Å²) in [5.74, 6) is 1.71. The molecular formula is C20H22O2. The van der Waals surface area contributed by atoms with Crippen molar-refractivity contribution in [2.45, 2.75) is 13.3 Å². The fourth-order valence-corrected chi connectivity index (χ4v) is 2.48. The Labute approximate surface area is 132 Å². The first-order valence-electron chi connectivity index (χ1n) is 7.38. The Kier molecular flexibility index (Phi) is 5.42. The Balaban J connectivity index is 2.55. The summed E-state index contributed by atoms with van der Waals surface area (Å²) in [6, 6.07) is 16.2. The monoisotopic (exact) mass is 294 g/mol. The largest absolute Gasteiger partial charge is 0.497 e. The molecule has 0 aliphatic carbocycles. The van der Waals surface area contributed by atoms with E-state index in [0.29, 0.717) is 0 Å². The van der Waals surface area contributed by atoms with Gasteiger partial charge in [-0.3, -0.25) is 0 Å². The van der Waals surface area contributed by atoms with Crippen molar-refractivity contribution in [2.75, 3.05) is 14.2 Å². The van der Waals surface area contributed by atoms with Gasteiger partial charge in [-0.2, -0.15) is 0 Å². The number of ether oxygens (including phenoxy) is 2. The zero-order chi connectivity index (χ0) is 15.9. The van der Waals surface area contributed by atoms with Gasteiger partial charge in [0, 0.05) is 0 Å². The Morgan fingerprint density at radius 2 is 1.27 bits per heavy atom. The van der Waals surface area contributed by atoms with Gasteiger partial charge >= 0.3 is 0 Å². The van der Waals surface area contributed by atoms with Crippen molar-refractivity contribution in [1.82, 2.24) is 0 Å². The quantitative estimate of drug-likeness (QED) is 0.690. The zero-order valence-electron chi connectivity index (χ0n) is 13.4. The van der Waals surface area contributed by atoms with E-state index in [9.17, 15) is 0 Å². The number of methoxy groups -OCH3 is 2. The van der Waals surface area contributed by atoms with Crippen molar-refractivity contribution in [1.29, 1.82) is 0 Å². The van der Waals surface area contributed by atoms with Gasteiger partial charge in [-0.15, -0.1) is 0 Å². The zero-order valence-corrected chi connectivity index (χ0v) is 13.4. The molecule has 0 fully saturated rings. The van der Waals surface area contributed by atoms with Crippen molar-refractivity contribution in [2.24, 2.45) is 0 Å². The van der Waals surface area contributed by atoms with Crippen LogP contribution in [-0.2, 0) is 0 Å². The van der Waals surface area contributed by atoms with E-state index in [1.807, 2.05) is 30.3 Å². The fourth-order valence-electron chi connectivity index (χ4n) is 2.48. The third kappa shape index (κ3) is 3.40. The molecule has 0 saturated carbocycles. The molecule has 0 bridgehead atoms. The lowest BCUT2D eigenvalue weighted by Crippen LogP contribution is -1.94. The van der Waals surface area contributed by atoms with E-state index in [2.05, 4.69) is 37.8 Å². The Hall–Kier alpha value is -2.48. The van der Waals surface area contributed by atoms with Crippen molar-refractivity contribution >= 4 is 5.57 Å². The van der Waals surface area contributed by atoms with Crippen LogP contribution in [0.4, 0.5) is 0 Å². The smallest absolute Gasteiger partial charge is 0.118 e. The molecule has 114 valence electrons. The summed E-state index contributed by atoms with van der Waals surface area (Å²) in [4.78, 5) is 0. The number of hydrogen-bond acceptors (Lipinski definition) is 2. The highest BCUT2D eigenvalue weighted by molar-refractivity contribution is 5.83. The minimum Gasteiger partial charge on any atom is -0.497 e. The number of hydrogen-bond donors (Lipinski definition) is 0. The van der Waals surface area contributed by atoms with Crippen LogP contribution in [0.1, 0.15) is 24.5 Å². The van der Waals surface area contributed by atoms with Crippen molar-refractivity contribution < 1.29 is 9.47 Å². The van der Waals surface area contributed by atoms with Crippen LogP contribution in [0.15, 0.2) is 66.8 Å². The molecule has 2 heteroatoms. The van der Waals surface area contributed by atoms with Gasteiger partial charge in [0.15, 0.2) is 0 Å². The van der Waals surface area contributed by atoms with Crippen molar-refractivity contribution in [3.05, 3.63) is 77.9 Å². The van der Waals surface area contributed by atoms with E-state index in [0.717, 1.165) is 29.0 Å².